The third kappa shape index (κ3) is 7.27. The molecule has 12 rings (SSSR count). The van der Waals surface area contributed by atoms with Gasteiger partial charge >= 0.3 is 18.1 Å². The summed E-state index contributed by atoms with van der Waals surface area (Å²) in [5.74, 6) is 0.424. The monoisotopic (exact) mass is 943 g/mol. The fraction of sp³-hybridized carbons (Fsp3) is 0.412. The molecule has 0 amide bonds. The van der Waals surface area contributed by atoms with Gasteiger partial charge in [0, 0.05) is 52.8 Å². The van der Waals surface area contributed by atoms with Crippen molar-refractivity contribution in [1.29, 1.82) is 5.26 Å². The van der Waals surface area contributed by atoms with E-state index in [1.165, 1.54) is 32.1 Å². The Bertz CT molecular complexity index is 2840. The number of esters is 2. The Morgan fingerprint density at radius 1 is 0.985 bits per heavy atom. The van der Waals surface area contributed by atoms with Crippen LogP contribution in [0.1, 0.15) is 88.2 Å². The highest BCUT2D eigenvalue weighted by Crippen LogP contribution is 2.66. The highest BCUT2D eigenvalue weighted by molar-refractivity contribution is 7.99. The Morgan fingerprint density at radius 2 is 1.76 bits per heavy atom. The van der Waals surface area contributed by atoms with Crippen molar-refractivity contribution >= 4 is 35.9 Å². The van der Waals surface area contributed by atoms with Crippen LogP contribution >= 0.6 is 11.8 Å². The van der Waals surface area contributed by atoms with Crippen molar-refractivity contribution in [2.24, 2.45) is 0 Å². The molecule has 2 unspecified atom stereocenters. The van der Waals surface area contributed by atoms with Gasteiger partial charge < -0.3 is 48.3 Å². The van der Waals surface area contributed by atoms with Crippen molar-refractivity contribution in [3.8, 4) is 46.3 Å². The molecular formula is C51H51N4O12S-. The molecular weight excluding hydrogens is 893 g/mol. The SMILES string of the molecule is COc1cc2c(cc1OC(=O)OC(C)(C)C)CCN[C@]21CS[C@@H]2c3c(OC(=O)/C=C/c4ccccc4)c(C)c4c(c3[C@H](COC1=O)N1C2[C@@H]2[N-]C[C@@]1(C#N)Cc1cc(C)c(OC)c(O)c12)OCO4. The first-order valence-corrected chi connectivity index (χ1v) is 23.5. The van der Waals surface area contributed by atoms with Crippen LogP contribution in [0.4, 0.5) is 4.79 Å². The smallest absolute Gasteiger partial charge is 0.514 e. The van der Waals surface area contributed by atoms with E-state index >= 15 is 4.79 Å². The van der Waals surface area contributed by atoms with E-state index in [9.17, 15) is 20.0 Å². The van der Waals surface area contributed by atoms with Gasteiger partial charge in [-0.1, -0.05) is 42.4 Å². The molecule has 16 nitrogen and oxygen atoms in total. The number of hydrogen-bond acceptors (Lipinski definition) is 16. The molecule has 354 valence electrons. The molecule has 1 spiro atoms. The zero-order chi connectivity index (χ0) is 47.9. The van der Waals surface area contributed by atoms with Gasteiger partial charge in [0.15, 0.2) is 40.0 Å². The first-order chi connectivity index (χ1) is 32.6. The summed E-state index contributed by atoms with van der Waals surface area (Å²) in [4.78, 5) is 44.3. The normalized spacial score (nSPS) is 26.3. The maximum Gasteiger partial charge on any atom is 0.514 e. The van der Waals surface area contributed by atoms with Gasteiger partial charge in [0.1, 0.15) is 18.0 Å². The molecule has 7 atom stereocenters. The molecule has 0 radical (unpaired) electrons. The highest BCUT2D eigenvalue weighted by Gasteiger charge is 2.60. The summed E-state index contributed by atoms with van der Waals surface area (Å²) in [6.07, 6.45) is 2.79. The first-order valence-electron chi connectivity index (χ1n) is 22.4. The Balaban J connectivity index is 1.18. The molecule has 4 aromatic carbocycles. The lowest BCUT2D eigenvalue weighted by Gasteiger charge is -2.63. The largest absolute Gasteiger partial charge is 0.652 e. The summed E-state index contributed by atoms with van der Waals surface area (Å²) in [7, 11) is 2.95. The van der Waals surface area contributed by atoms with Crippen LogP contribution in [0.2, 0.25) is 0 Å². The van der Waals surface area contributed by atoms with E-state index in [-0.39, 0.29) is 55.1 Å². The topological polar surface area (TPSA) is 198 Å². The van der Waals surface area contributed by atoms with Crippen LogP contribution in [0.3, 0.4) is 0 Å². The summed E-state index contributed by atoms with van der Waals surface area (Å²) in [6.45, 7) is 8.92. The fourth-order valence-electron chi connectivity index (χ4n) is 10.9. The number of methoxy groups -OCH3 is 2. The molecule has 2 fully saturated rings. The Labute approximate surface area is 397 Å². The molecule has 2 N–H and O–H groups in total. The second-order valence-corrected chi connectivity index (χ2v) is 19.9. The minimum atomic E-state index is -1.49. The zero-order valence-electron chi connectivity index (χ0n) is 38.7. The van der Waals surface area contributed by atoms with Crippen molar-refractivity contribution in [1.82, 2.24) is 10.2 Å². The van der Waals surface area contributed by atoms with E-state index < -0.39 is 58.1 Å². The van der Waals surface area contributed by atoms with Crippen LogP contribution in [0.15, 0.2) is 54.6 Å². The summed E-state index contributed by atoms with van der Waals surface area (Å²) in [5, 5.41) is 31.8. The van der Waals surface area contributed by atoms with E-state index in [1.54, 1.807) is 39.0 Å². The zero-order valence-corrected chi connectivity index (χ0v) is 39.5. The van der Waals surface area contributed by atoms with E-state index in [2.05, 4.69) is 16.3 Å². The highest BCUT2D eigenvalue weighted by atomic mass is 32.2. The fourth-order valence-corrected chi connectivity index (χ4v) is 12.6. The van der Waals surface area contributed by atoms with E-state index in [1.807, 2.05) is 50.2 Å². The predicted octanol–water partition coefficient (Wildman–Crippen LogP) is 7.73. The van der Waals surface area contributed by atoms with Gasteiger partial charge in [-0.3, -0.25) is 10.2 Å². The van der Waals surface area contributed by atoms with Gasteiger partial charge in [-0.2, -0.15) is 5.26 Å². The molecule has 8 aliphatic heterocycles. The van der Waals surface area contributed by atoms with Crippen molar-refractivity contribution in [3.05, 3.63) is 110 Å². The summed E-state index contributed by atoms with van der Waals surface area (Å²) in [6, 6.07) is 15.1. The molecule has 4 bridgehead atoms. The standard InChI is InChI=1S/C51H51N4O12S/c1-26-17-30-20-50(22-52)23-53-39(36(30)41(57)42(26)61-7)40-46-38-37(45-44(63-25-64-45)27(2)43(38)66-35(56)14-13-28-11-9-8-10-12-28)32(55(40)50)21-62-47(58)51(24-68-46)31-19-33(60-6)34(18-29(31)15-16-54-51)65-48(59)67-49(3,4)5/h8-14,17-19,32,39-40,46,54,57H,15-16,20-21,23-25H2,1-7H3/q-1/b14-13+/t32-,39+,40?,46+,50-,51+/m0/s1. The molecule has 0 saturated carbocycles. The number of aromatic hydroxyl groups is 1. The molecule has 4 aromatic rings. The van der Waals surface area contributed by atoms with Crippen LogP contribution < -0.4 is 33.7 Å². The molecule has 0 aromatic heterocycles. The number of rotatable bonds is 6. The number of phenols is 1. The average Bonchev–Trinajstić information content (AvgIpc) is 3.70. The summed E-state index contributed by atoms with van der Waals surface area (Å²) in [5.41, 5.74) is 2.16. The van der Waals surface area contributed by atoms with Crippen LogP contribution in [-0.4, -0.2) is 91.7 Å². The molecule has 2 saturated heterocycles. The molecule has 8 aliphatic rings. The predicted molar refractivity (Wildman–Crippen MR) is 249 cm³/mol. The quantitative estimate of drug-likeness (QED) is 0.0823. The molecule has 0 aliphatic carbocycles. The number of fused-ring (bicyclic) bond motifs is 6. The molecule has 8 heterocycles. The Hall–Kier alpha value is -6.45. The Kier molecular flexibility index (Phi) is 11.3. The number of ether oxygens (including phenoxy) is 8. The van der Waals surface area contributed by atoms with Crippen LogP contribution in [0.5, 0.6) is 40.2 Å². The number of carbonyl (C=O) groups excluding carboxylic acids is 3. The average molecular weight is 944 g/mol. The van der Waals surface area contributed by atoms with Gasteiger partial charge in [-0.25, -0.2) is 14.4 Å². The number of nitrogens with zero attached hydrogens (tertiary/aromatic N) is 3. The number of thioether (sulfide) groups is 1. The molecule has 68 heavy (non-hydrogen) atoms. The number of hydrogen-bond donors (Lipinski definition) is 2. The second-order valence-electron chi connectivity index (χ2n) is 18.8. The lowest BCUT2D eigenvalue weighted by molar-refractivity contribution is -0.155. The minimum absolute atomic E-state index is 0.0461. The first kappa shape index (κ1) is 45.3. The minimum Gasteiger partial charge on any atom is -0.652 e. The van der Waals surface area contributed by atoms with Gasteiger partial charge in [0.05, 0.1) is 31.9 Å². The van der Waals surface area contributed by atoms with E-state index in [0.717, 1.165) is 16.7 Å². The Morgan fingerprint density at radius 3 is 2.50 bits per heavy atom. The van der Waals surface area contributed by atoms with Crippen molar-refractivity contribution in [2.45, 2.75) is 87.5 Å². The number of carbonyl (C=O) groups is 3. The number of nitriles is 1. The van der Waals surface area contributed by atoms with Crippen LogP contribution in [0.25, 0.3) is 11.4 Å². The second kappa shape index (κ2) is 17.0. The third-order valence-electron chi connectivity index (χ3n) is 13.6. The number of aryl methyl sites for hydroxylation is 1. The van der Waals surface area contributed by atoms with E-state index in [0.29, 0.717) is 63.6 Å². The third-order valence-corrected chi connectivity index (χ3v) is 15.1. The van der Waals surface area contributed by atoms with Gasteiger partial charge in [0.25, 0.3) is 0 Å². The van der Waals surface area contributed by atoms with Gasteiger partial charge in [0.2, 0.25) is 6.79 Å². The van der Waals surface area contributed by atoms with Crippen molar-refractivity contribution in [2.75, 3.05) is 46.5 Å². The lowest BCUT2D eigenvalue weighted by atomic mass is 9.76. The van der Waals surface area contributed by atoms with Crippen LogP contribution in [0, 0.1) is 25.2 Å². The van der Waals surface area contributed by atoms with Crippen molar-refractivity contribution in [3.63, 3.8) is 0 Å². The summed E-state index contributed by atoms with van der Waals surface area (Å²) < 4.78 is 48.2. The number of piperazine rings is 1. The van der Waals surface area contributed by atoms with Crippen LogP contribution in [-0.2, 0) is 37.4 Å². The number of phenolic OH excluding ortho intramolecular Hbond substituents is 1. The summed E-state index contributed by atoms with van der Waals surface area (Å²) >= 11 is 1.41. The van der Waals surface area contributed by atoms with Crippen molar-refractivity contribution < 1.29 is 57.4 Å². The van der Waals surface area contributed by atoms with Gasteiger partial charge in [-0.05, 0) is 92.6 Å². The maximum absolute atomic E-state index is 15.2. The number of nitrogens with one attached hydrogen (secondary N) is 1. The van der Waals surface area contributed by atoms with E-state index in [4.69, 9.17) is 43.2 Å². The number of benzene rings is 4. The lowest BCUT2D eigenvalue weighted by Crippen LogP contribution is -2.65. The molecule has 17 heteroatoms. The maximum atomic E-state index is 15.2. The van der Waals surface area contributed by atoms with Gasteiger partial charge in [-0.15, -0.1) is 18.3 Å².